The summed E-state index contributed by atoms with van der Waals surface area (Å²) in [5.41, 5.74) is 1.13. The Kier molecular flexibility index (Phi) is 2.64. The van der Waals surface area contributed by atoms with Gasteiger partial charge in [0.15, 0.2) is 0 Å². The zero-order chi connectivity index (χ0) is 13.2. The molecule has 7 heteroatoms. The number of aromatic hydroxyl groups is 1. The second-order valence-electron chi connectivity index (χ2n) is 3.84. The molecule has 0 saturated heterocycles. The molecule has 7 nitrogen and oxygen atoms in total. The monoisotopic (exact) mass is 255 g/mol. The van der Waals surface area contributed by atoms with E-state index in [9.17, 15) is 5.11 Å². The number of aryl methyl sites for hydroxylation is 1. The Morgan fingerprint density at radius 2 is 2.11 bits per heavy atom. The molecule has 3 aromatic heterocycles. The Bertz CT molecular complexity index is 665. The van der Waals surface area contributed by atoms with Crippen LogP contribution in [0.1, 0.15) is 5.82 Å². The van der Waals surface area contributed by atoms with E-state index in [2.05, 4.69) is 25.1 Å². The molecule has 3 rings (SSSR count). The normalized spacial score (nSPS) is 10.6. The first-order valence-electron chi connectivity index (χ1n) is 5.50. The van der Waals surface area contributed by atoms with Gasteiger partial charge in [0.05, 0.1) is 11.8 Å². The van der Waals surface area contributed by atoms with Gasteiger partial charge in [-0.25, -0.2) is 9.97 Å². The molecule has 0 aliphatic carbocycles. The molecule has 0 atom stereocenters. The summed E-state index contributed by atoms with van der Waals surface area (Å²) in [7, 11) is 0. The number of rotatable bonds is 2. The number of aromatic nitrogens is 5. The van der Waals surface area contributed by atoms with Gasteiger partial charge in [-0.05, 0) is 19.1 Å². The van der Waals surface area contributed by atoms with Crippen molar-refractivity contribution in [3.63, 3.8) is 0 Å². The lowest BCUT2D eigenvalue weighted by atomic mass is 10.3. The summed E-state index contributed by atoms with van der Waals surface area (Å²) < 4.78 is 5.13. The maximum absolute atomic E-state index is 9.36. The topological polar surface area (TPSA) is 97.8 Å². The number of nitrogens with zero attached hydrogens (tertiary/aromatic N) is 5. The van der Waals surface area contributed by atoms with Gasteiger partial charge < -0.3 is 9.63 Å². The fourth-order valence-electron chi connectivity index (χ4n) is 1.57. The molecule has 0 radical (unpaired) electrons. The molecular formula is C12H9N5O2. The first-order chi connectivity index (χ1) is 9.22. The van der Waals surface area contributed by atoms with E-state index in [0.29, 0.717) is 22.9 Å². The Morgan fingerprint density at radius 3 is 2.89 bits per heavy atom. The van der Waals surface area contributed by atoms with Crippen LogP contribution in [0.5, 0.6) is 5.75 Å². The highest BCUT2D eigenvalue weighted by molar-refractivity contribution is 5.57. The van der Waals surface area contributed by atoms with E-state index in [-0.39, 0.29) is 11.6 Å². The summed E-state index contributed by atoms with van der Waals surface area (Å²) in [6, 6.07) is 3.19. The third-order valence-electron chi connectivity index (χ3n) is 2.40. The van der Waals surface area contributed by atoms with Crippen LogP contribution in [0.25, 0.3) is 23.0 Å². The second-order valence-corrected chi connectivity index (χ2v) is 3.84. The standard InChI is InChI=1S/C12H9N5O2/c1-7-14-3-2-10(15-7)11-16-12(19-17-11)8-4-9(18)6-13-5-8/h2-6,18H,1H3. The van der Waals surface area contributed by atoms with E-state index in [0.717, 1.165) is 0 Å². The van der Waals surface area contributed by atoms with E-state index < -0.39 is 0 Å². The zero-order valence-corrected chi connectivity index (χ0v) is 9.98. The lowest BCUT2D eigenvalue weighted by Gasteiger charge is -1.94. The van der Waals surface area contributed by atoms with Crippen LogP contribution in [0.15, 0.2) is 35.2 Å². The maximum Gasteiger partial charge on any atom is 0.259 e. The van der Waals surface area contributed by atoms with Crippen molar-refractivity contribution in [2.75, 3.05) is 0 Å². The van der Waals surface area contributed by atoms with Gasteiger partial charge in [0, 0.05) is 12.4 Å². The van der Waals surface area contributed by atoms with Gasteiger partial charge in [-0.15, -0.1) is 0 Å². The van der Waals surface area contributed by atoms with Crippen LogP contribution in [-0.4, -0.2) is 30.2 Å². The number of hydrogen-bond acceptors (Lipinski definition) is 7. The van der Waals surface area contributed by atoms with E-state index in [1.54, 1.807) is 19.2 Å². The molecule has 0 aromatic carbocycles. The van der Waals surface area contributed by atoms with Gasteiger partial charge in [0.1, 0.15) is 17.3 Å². The van der Waals surface area contributed by atoms with Crippen LogP contribution < -0.4 is 0 Å². The maximum atomic E-state index is 9.36. The molecule has 3 heterocycles. The molecule has 0 fully saturated rings. The van der Waals surface area contributed by atoms with Crippen molar-refractivity contribution in [2.45, 2.75) is 6.92 Å². The molecule has 19 heavy (non-hydrogen) atoms. The smallest absolute Gasteiger partial charge is 0.259 e. The van der Waals surface area contributed by atoms with Crippen LogP contribution in [0.3, 0.4) is 0 Å². The molecule has 1 N–H and O–H groups in total. The Hall–Kier alpha value is -2.83. The predicted octanol–water partition coefficient (Wildman–Crippen LogP) is 1.60. The highest BCUT2D eigenvalue weighted by atomic mass is 16.5. The van der Waals surface area contributed by atoms with Crippen molar-refractivity contribution in [1.29, 1.82) is 0 Å². The fourth-order valence-corrected chi connectivity index (χ4v) is 1.57. The average molecular weight is 255 g/mol. The van der Waals surface area contributed by atoms with Crippen LogP contribution >= 0.6 is 0 Å². The van der Waals surface area contributed by atoms with E-state index in [1.165, 1.54) is 18.5 Å². The summed E-state index contributed by atoms with van der Waals surface area (Å²) in [5.74, 6) is 1.30. The lowest BCUT2D eigenvalue weighted by Crippen LogP contribution is -1.91. The minimum Gasteiger partial charge on any atom is -0.506 e. The third-order valence-corrected chi connectivity index (χ3v) is 2.40. The van der Waals surface area contributed by atoms with E-state index >= 15 is 0 Å². The summed E-state index contributed by atoms with van der Waals surface area (Å²) in [6.07, 6.45) is 4.49. The van der Waals surface area contributed by atoms with Crippen LogP contribution in [0.2, 0.25) is 0 Å². The average Bonchev–Trinajstić information content (AvgIpc) is 2.88. The van der Waals surface area contributed by atoms with Crippen LogP contribution in [0.4, 0.5) is 0 Å². The zero-order valence-electron chi connectivity index (χ0n) is 9.98. The quantitative estimate of drug-likeness (QED) is 0.742. The predicted molar refractivity (Wildman–Crippen MR) is 65.0 cm³/mol. The molecule has 0 aliphatic heterocycles. The van der Waals surface area contributed by atoms with Crippen molar-refractivity contribution in [3.05, 3.63) is 36.5 Å². The van der Waals surface area contributed by atoms with Crippen molar-refractivity contribution < 1.29 is 9.63 Å². The van der Waals surface area contributed by atoms with Crippen LogP contribution in [-0.2, 0) is 0 Å². The SMILES string of the molecule is Cc1nccc(-c2noc(-c3cncc(O)c3)n2)n1. The molecule has 0 bridgehead atoms. The van der Waals surface area contributed by atoms with Gasteiger partial charge in [0.25, 0.3) is 5.89 Å². The second kappa shape index (κ2) is 4.45. The van der Waals surface area contributed by atoms with E-state index in [4.69, 9.17) is 4.52 Å². The Balaban J connectivity index is 2.00. The summed E-state index contributed by atoms with van der Waals surface area (Å²) in [5, 5.41) is 13.2. The van der Waals surface area contributed by atoms with Crippen molar-refractivity contribution in [1.82, 2.24) is 25.1 Å². The Morgan fingerprint density at radius 1 is 1.21 bits per heavy atom. The molecule has 0 saturated carbocycles. The first kappa shape index (κ1) is 11.3. The van der Waals surface area contributed by atoms with E-state index in [1.807, 2.05) is 0 Å². The molecule has 0 aliphatic rings. The van der Waals surface area contributed by atoms with Gasteiger partial charge in [0.2, 0.25) is 5.82 Å². The van der Waals surface area contributed by atoms with Crippen molar-refractivity contribution in [2.24, 2.45) is 0 Å². The Labute approximate surface area is 108 Å². The van der Waals surface area contributed by atoms with Gasteiger partial charge in [-0.2, -0.15) is 4.98 Å². The lowest BCUT2D eigenvalue weighted by molar-refractivity contribution is 0.431. The summed E-state index contributed by atoms with van der Waals surface area (Å²) >= 11 is 0. The minimum absolute atomic E-state index is 0.0372. The number of hydrogen-bond donors (Lipinski definition) is 1. The third kappa shape index (κ3) is 2.25. The summed E-state index contributed by atoms with van der Waals surface area (Å²) in [6.45, 7) is 1.78. The summed E-state index contributed by atoms with van der Waals surface area (Å²) in [4.78, 5) is 16.3. The number of pyridine rings is 1. The van der Waals surface area contributed by atoms with Crippen molar-refractivity contribution in [3.8, 4) is 28.7 Å². The van der Waals surface area contributed by atoms with Gasteiger partial charge in [-0.1, -0.05) is 5.16 Å². The molecule has 0 spiro atoms. The fraction of sp³-hybridized carbons (Fsp3) is 0.0833. The highest BCUT2D eigenvalue weighted by Gasteiger charge is 2.12. The molecule has 0 amide bonds. The molecular weight excluding hydrogens is 246 g/mol. The largest absolute Gasteiger partial charge is 0.506 e. The first-order valence-corrected chi connectivity index (χ1v) is 5.50. The molecule has 0 unspecified atom stereocenters. The molecule has 3 aromatic rings. The minimum atomic E-state index is 0.0372. The van der Waals surface area contributed by atoms with Crippen molar-refractivity contribution >= 4 is 0 Å². The van der Waals surface area contributed by atoms with Gasteiger partial charge >= 0.3 is 0 Å². The highest BCUT2D eigenvalue weighted by Crippen LogP contribution is 2.22. The van der Waals surface area contributed by atoms with Crippen LogP contribution in [0, 0.1) is 6.92 Å². The molecule has 94 valence electrons. The van der Waals surface area contributed by atoms with Gasteiger partial charge in [-0.3, -0.25) is 4.98 Å².